The SMILES string of the molecule is O=C(NCCN1CCCCC1)C(O)c1ccccc1. The van der Waals surface area contributed by atoms with Gasteiger partial charge >= 0.3 is 0 Å². The maximum Gasteiger partial charge on any atom is 0.253 e. The molecule has 1 unspecified atom stereocenters. The highest BCUT2D eigenvalue weighted by atomic mass is 16.3. The number of amides is 1. The molecule has 2 rings (SSSR count). The number of piperidine rings is 1. The summed E-state index contributed by atoms with van der Waals surface area (Å²) in [5.74, 6) is -0.316. The molecule has 0 radical (unpaired) electrons. The highest BCUT2D eigenvalue weighted by Gasteiger charge is 2.17. The van der Waals surface area contributed by atoms with Gasteiger partial charge in [-0.05, 0) is 31.5 Å². The number of nitrogens with one attached hydrogen (secondary N) is 1. The molecule has 0 aromatic heterocycles. The van der Waals surface area contributed by atoms with E-state index < -0.39 is 6.10 Å². The van der Waals surface area contributed by atoms with Crippen LogP contribution in [0, 0.1) is 0 Å². The summed E-state index contributed by atoms with van der Waals surface area (Å²) in [6, 6.07) is 9.02. The van der Waals surface area contributed by atoms with Crippen LogP contribution >= 0.6 is 0 Å². The number of benzene rings is 1. The second-order valence-electron chi connectivity index (χ2n) is 5.01. The van der Waals surface area contributed by atoms with E-state index in [-0.39, 0.29) is 5.91 Å². The van der Waals surface area contributed by atoms with Gasteiger partial charge in [0.05, 0.1) is 0 Å². The third-order valence-corrected chi connectivity index (χ3v) is 3.54. The molecule has 1 aromatic rings. The number of rotatable bonds is 5. The molecule has 1 aliphatic heterocycles. The van der Waals surface area contributed by atoms with Crippen LogP contribution in [0.4, 0.5) is 0 Å². The fourth-order valence-corrected chi connectivity index (χ4v) is 2.40. The van der Waals surface area contributed by atoms with E-state index >= 15 is 0 Å². The van der Waals surface area contributed by atoms with Crippen LogP contribution in [0.1, 0.15) is 30.9 Å². The van der Waals surface area contributed by atoms with Crippen LogP contribution in [0.3, 0.4) is 0 Å². The Balaban J connectivity index is 1.72. The molecule has 0 spiro atoms. The third-order valence-electron chi connectivity index (χ3n) is 3.54. The number of aliphatic hydroxyl groups is 1. The van der Waals surface area contributed by atoms with Crippen molar-refractivity contribution in [1.82, 2.24) is 10.2 Å². The zero-order chi connectivity index (χ0) is 13.5. The molecule has 2 N–H and O–H groups in total. The zero-order valence-corrected chi connectivity index (χ0v) is 11.2. The average molecular weight is 262 g/mol. The second-order valence-corrected chi connectivity index (χ2v) is 5.01. The van der Waals surface area contributed by atoms with Crippen LogP contribution in [0.5, 0.6) is 0 Å². The summed E-state index contributed by atoms with van der Waals surface area (Å²) in [6.45, 7) is 3.71. The lowest BCUT2D eigenvalue weighted by Crippen LogP contribution is -2.39. The minimum Gasteiger partial charge on any atom is -0.378 e. The van der Waals surface area contributed by atoms with Gasteiger partial charge in [0.1, 0.15) is 0 Å². The van der Waals surface area contributed by atoms with E-state index in [2.05, 4.69) is 10.2 Å². The van der Waals surface area contributed by atoms with Gasteiger partial charge in [0.25, 0.3) is 5.91 Å². The van der Waals surface area contributed by atoms with Gasteiger partial charge in [-0.25, -0.2) is 0 Å². The maximum atomic E-state index is 11.8. The molecule has 4 heteroatoms. The molecule has 1 fully saturated rings. The smallest absolute Gasteiger partial charge is 0.253 e. The lowest BCUT2D eigenvalue weighted by atomic mass is 10.1. The molecule has 19 heavy (non-hydrogen) atoms. The number of hydrogen-bond acceptors (Lipinski definition) is 3. The highest BCUT2D eigenvalue weighted by molar-refractivity contribution is 5.81. The van der Waals surface area contributed by atoms with Crippen molar-refractivity contribution in [1.29, 1.82) is 0 Å². The normalized spacial score (nSPS) is 17.9. The molecule has 1 atom stereocenters. The number of carbonyl (C=O) groups is 1. The van der Waals surface area contributed by atoms with Crippen LogP contribution in [0.2, 0.25) is 0 Å². The van der Waals surface area contributed by atoms with Gasteiger partial charge in [-0.2, -0.15) is 0 Å². The predicted molar refractivity (Wildman–Crippen MR) is 74.7 cm³/mol. The van der Waals surface area contributed by atoms with E-state index in [0.717, 1.165) is 19.6 Å². The monoisotopic (exact) mass is 262 g/mol. The predicted octanol–water partition coefficient (Wildman–Crippen LogP) is 1.32. The van der Waals surface area contributed by atoms with E-state index in [1.807, 2.05) is 18.2 Å². The van der Waals surface area contributed by atoms with E-state index in [0.29, 0.717) is 12.1 Å². The Hall–Kier alpha value is -1.39. The van der Waals surface area contributed by atoms with Crippen LogP contribution in [0.15, 0.2) is 30.3 Å². The molecule has 0 bridgehead atoms. The first-order chi connectivity index (χ1) is 9.27. The molecule has 0 saturated carbocycles. The van der Waals surface area contributed by atoms with Crippen LogP contribution < -0.4 is 5.32 Å². The van der Waals surface area contributed by atoms with Gasteiger partial charge in [-0.3, -0.25) is 4.79 Å². The minimum atomic E-state index is -1.07. The molecule has 1 amide bonds. The Bertz CT molecular complexity index is 388. The molecule has 1 aliphatic rings. The summed E-state index contributed by atoms with van der Waals surface area (Å²) < 4.78 is 0. The number of aliphatic hydroxyl groups excluding tert-OH is 1. The standard InChI is InChI=1S/C15H22N2O2/c18-14(13-7-3-1-4-8-13)15(19)16-9-12-17-10-5-2-6-11-17/h1,3-4,7-8,14,18H,2,5-6,9-12H2,(H,16,19). The van der Waals surface area contributed by atoms with Crippen LogP contribution in [-0.2, 0) is 4.79 Å². The lowest BCUT2D eigenvalue weighted by molar-refractivity contribution is -0.129. The minimum absolute atomic E-state index is 0.316. The quantitative estimate of drug-likeness (QED) is 0.841. The first kappa shape index (κ1) is 14.0. The topological polar surface area (TPSA) is 52.6 Å². The number of nitrogens with zero attached hydrogens (tertiary/aromatic N) is 1. The molecule has 4 nitrogen and oxygen atoms in total. The highest BCUT2D eigenvalue weighted by Crippen LogP contribution is 2.12. The van der Waals surface area contributed by atoms with Crippen molar-refractivity contribution >= 4 is 5.91 Å². The first-order valence-corrected chi connectivity index (χ1v) is 7.00. The van der Waals surface area contributed by atoms with Crippen LogP contribution in [0.25, 0.3) is 0 Å². The molecule has 1 aromatic carbocycles. The fourth-order valence-electron chi connectivity index (χ4n) is 2.40. The van der Waals surface area contributed by atoms with Crippen LogP contribution in [-0.4, -0.2) is 42.1 Å². The number of likely N-dealkylation sites (tertiary alicyclic amines) is 1. The Kier molecular flexibility index (Phi) is 5.36. The van der Waals surface area contributed by atoms with Crippen molar-refractivity contribution in [2.45, 2.75) is 25.4 Å². The fraction of sp³-hybridized carbons (Fsp3) is 0.533. The van der Waals surface area contributed by atoms with E-state index in [9.17, 15) is 9.90 Å². The molecule has 1 saturated heterocycles. The third kappa shape index (κ3) is 4.33. The Morgan fingerprint density at radius 1 is 1.21 bits per heavy atom. The van der Waals surface area contributed by atoms with E-state index in [4.69, 9.17) is 0 Å². The van der Waals surface area contributed by atoms with Crippen molar-refractivity contribution < 1.29 is 9.90 Å². The van der Waals surface area contributed by atoms with E-state index in [1.54, 1.807) is 12.1 Å². The van der Waals surface area contributed by atoms with Crippen molar-refractivity contribution in [2.24, 2.45) is 0 Å². The average Bonchev–Trinajstić information content (AvgIpc) is 2.48. The Morgan fingerprint density at radius 3 is 2.58 bits per heavy atom. The molecular formula is C15H22N2O2. The molecule has 1 heterocycles. The lowest BCUT2D eigenvalue weighted by Gasteiger charge is -2.26. The van der Waals surface area contributed by atoms with Gasteiger partial charge in [0, 0.05) is 13.1 Å². The Morgan fingerprint density at radius 2 is 1.89 bits per heavy atom. The van der Waals surface area contributed by atoms with Crippen molar-refractivity contribution in [3.63, 3.8) is 0 Å². The van der Waals surface area contributed by atoms with Gasteiger partial charge in [-0.1, -0.05) is 36.8 Å². The van der Waals surface area contributed by atoms with Gasteiger partial charge in [-0.15, -0.1) is 0 Å². The largest absolute Gasteiger partial charge is 0.378 e. The Labute approximate surface area is 114 Å². The number of carbonyl (C=O) groups excluding carboxylic acids is 1. The molecule has 104 valence electrons. The molecular weight excluding hydrogens is 240 g/mol. The maximum absolute atomic E-state index is 11.8. The number of hydrogen-bond donors (Lipinski definition) is 2. The van der Waals surface area contributed by atoms with Gasteiger partial charge < -0.3 is 15.3 Å². The van der Waals surface area contributed by atoms with Gasteiger partial charge in [0.15, 0.2) is 6.10 Å². The van der Waals surface area contributed by atoms with Crippen molar-refractivity contribution in [3.05, 3.63) is 35.9 Å². The van der Waals surface area contributed by atoms with Crippen molar-refractivity contribution in [3.8, 4) is 0 Å². The summed E-state index contributed by atoms with van der Waals surface area (Å²) >= 11 is 0. The van der Waals surface area contributed by atoms with Gasteiger partial charge in [0.2, 0.25) is 0 Å². The van der Waals surface area contributed by atoms with Crippen molar-refractivity contribution in [2.75, 3.05) is 26.2 Å². The van der Waals surface area contributed by atoms with E-state index in [1.165, 1.54) is 19.3 Å². The summed E-state index contributed by atoms with van der Waals surface area (Å²) in [4.78, 5) is 14.2. The summed E-state index contributed by atoms with van der Waals surface area (Å²) in [5, 5.41) is 12.7. The first-order valence-electron chi connectivity index (χ1n) is 7.00. The molecule has 0 aliphatic carbocycles. The second kappa shape index (κ2) is 7.26. The summed E-state index contributed by atoms with van der Waals surface area (Å²) in [6.07, 6.45) is 2.75. The zero-order valence-electron chi connectivity index (χ0n) is 11.2. The summed E-state index contributed by atoms with van der Waals surface area (Å²) in [5.41, 5.74) is 0.637. The summed E-state index contributed by atoms with van der Waals surface area (Å²) in [7, 11) is 0.